The van der Waals surface area contributed by atoms with E-state index in [0.717, 1.165) is 25.9 Å². The summed E-state index contributed by atoms with van der Waals surface area (Å²) in [6.45, 7) is 4.18. The van der Waals surface area contributed by atoms with Crippen LogP contribution >= 0.6 is 0 Å². The molecule has 0 aromatic heterocycles. The Labute approximate surface area is 109 Å². The third kappa shape index (κ3) is 2.57. The molecule has 0 amide bonds. The van der Waals surface area contributed by atoms with E-state index in [4.69, 9.17) is 9.47 Å². The SMILES string of the molecule is CCS(=O)(=O)N1CC[C@H]2OCCC[C@@]2(COC)C1. The Kier molecular flexibility index (Phi) is 4.31. The number of hydrogen-bond donors (Lipinski definition) is 0. The highest BCUT2D eigenvalue weighted by Gasteiger charge is 2.48. The second kappa shape index (κ2) is 5.45. The molecule has 106 valence electrons. The van der Waals surface area contributed by atoms with Crippen molar-refractivity contribution >= 4 is 10.0 Å². The van der Waals surface area contributed by atoms with Gasteiger partial charge in [-0.3, -0.25) is 0 Å². The van der Waals surface area contributed by atoms with Crippen molar-refractivity contribution < 1.29 is 17.9 Å². The zero-order valence-corrected chi connectivity index (χ0v) is 12.0. The van der Waals surface area contributed by atoms with Crippen LogP contribution in [0, 0.1) is 5.41 Å². The van der Waals surface area contributed by atoms with Crippen molar-refractivity contribution in [3.05, 3.63) is 0 Å². The molecule has 0 bridgehead atoms. The van der Waals surface area contributed by atoms with Crippen molar-refractivity contribution in [1.82, 2.24) is 4.31 Å². The van der Waals surface area contributed by atoms with Gasteiger partial charge in [0.2, 0.25) is 10.0 Å². The molecule has 18 heavy (non-hydrogen) atoms. The Balaban J connectivity index is 2.19. The molecule has 0 N–H and O–H groups in total. The fourth-order valence-corrected chi connectivity index (χ4v) is 4.37. The van der Waals surface area contributed by atoms with Crippen molar-refractivity contribution in [2.45, 2.75) is 32.3 Å². The predicted octanol–water partition coefficient (Wildman–Crippen LogP) is 0.854. The van der Waals surface area contributed by atoms with Gasteiger partial charge in [0.1, 0.15) is 0 Å². The van der Waals surface area contributed by atoms with Crippen LogP contribution in [0.2, 0.25) is 0 Å². The number of piperidine rings is 1. The molecule has 2 aliphatic rings. The lowest BCUT2D eigenvalue weighted by Crippen LogP contribution is -2.58. The van der Waals surface area contributed by atoms with E-state index in [9.17, 15) is 8.42 Å². The first-order valence-corrected chi connectivity index (χ1v) is 8.23. The van der Waals surface area contributed by atoms with Gasteiger partial charge < -0.3 is 9.47 Å². The summed E-state index contributed by atoms with van der Waals surface area (Å²) in [4.78, 5) is 0. The number of rotatable bonds is 4. The summed E-state index contributed by atoms with van der Waals surface area (Å²) < 4.78 is 36.8. The molecule has 2 fully saturated rings. The highest BCUT2D eigenvalue weighted by Crippen LogP contribution is 2.41. The molecule has 2 rings (SSSR count). The molecular formula is C12H23NO4S. The molecule has 0 aromatic rings. The highest BCUT2D eigenvalue weighted by atomic mass is 32.2. The van der Waals surface area contributed by atoms with Crippen LogP contribution < -0.4 is 0 Å². The van der Waals surface area contributed by atoms with Gasteiger partial charge in [0.15, 0.2) is 0 Å². The number of hydrogen-bond acceptors (Lipinski definition) is 4. The number of ether oxygens (including phenoxy) is 2. The molecule has 0 aliphatic carbocycles. The van der Waals surface area contributed by atoms with Gasteiger partial charge in [-0.05, 0) is 26.2 Å². The molecule has 2 heterocycles. The van der Waals surface area contributed by atoms with Gasteiger partial charge >= 0.3 is 0 Å². The van der Waals surface area contributed by atoms with Crippen molar-refractivity contribution in [3.8, 4) is 0 Å². The molecule has 2 saturated heterocycles. The second-order valence-electron chi connectivity index (χ2n) is 5.28. The van der Waals surface area contributed by atoms with Crippen molar-refractivity contribution in [2.24, 2.45) is 5.41 Å². The van der Waals surface area contributed by atoms with Gasteiger partial charge in [-0.1, -0.05) is 0 Å². The van der Waals surface area contributed by atoms with Gasteiger partial charge in [0, 0.05) is 32.2 Å². The smallest absolute Gasteiger partial charge is 0.213 e. The molecule has 0 unspecified atom stereocenters. The lowest BCUT2D eigenvalue weighted by molar-refractivity contribution is -0.137. The first kappa shape index (κ1) is 14.2. The number of fused-ring (bicyclic) bond motifs is 1. The fraction of sp³-hybridized carbons (Fsp3) is 1.00. The summed E-state index contributed by atoms with van der Waals surface area (Å²) in [5, 5.41) is 0. The molecular weight excluding hydrogens is 254 g/mol. The van der Waals surface area contributed by atoms with Gasteiger partial charge in [0.05, 0.1) is 18.5 Å². The first-order chi connectivity index (χ1) is 8.54. The molecule has 2 aliphatic heterocycles. The Morgan fingerprint density at radius 2 is 2.28 bits per heavy atom. The largest absolute Gasteiger partial charge is 0.384 e. The quantitative estimate of drug-likeness (QED) is 0.764. The van der Waals surface area contributed by atoms with E-state index >= 15 is 0 Å². The number of nitrogens with zero attached hydrogens (tertiary/aromatic N) is 1. The standard InChI is InChI=1S/C12H23NO4S/c1-3-18(14,15)13-7-5-11-12(9-13,10-16-2)6-4-8-17-11/h11H,3-10H2,1-2H3/t11-,12+/m1/s1. The fourth-order valence-electron chi connectivity index (χ4n) is 3.17. The maximum absolute atomic E-state index is 12.0. The summed E-state index contributed by atoms with van der Waals surface area (Å²) in [5.41, 5.74) is -0.145. The number of methoxy groups -OCH3 is 1. The van der Waals surface area contributed by atoms with E-state index in [0.29, 0.717) is 19.7 Å². The topological polar surface area (TPSA) is 55.8 Å². The Morgan fingerprint density at radius 3 is 2.94 bits per heavy atom. The normalized spacial score (nSPS) is 34.2. The van der Waals surface area contributed by atoms with Gasteiger partial charge in [-0.15, -0.1) is 0 Å². The van der Waals surface area contributed by atoms with E-state index in [1.807, 2.05) is 0 Å². The molecule has 5 nitrogen and oxygen atoms in total. The molecule has 0 radical (unpaired) electrons. The van der Waals surface area contributed by atoms with E-state index in [1.165, 1.54) is 0 Å². The molecule has 0 spiro atoms. The van der Waals surface area contributed by atoms with Crippen LogP contribution in [-0.2, 0) is 19.5 Å². The van der Waals surface area contributed by atoms with Gasteiger partial charge in [0.25, 0.3) is 0 Å². The monoisotopic (exact) mass is 277 g/mol. The zero-order valence-electron chi connectivity index (χ0n) is 11.2. The Hall–Kier alpha value is -0.170. The zero-order chi connectivity index (χ0) is 13.2. The van der Waals surface area contributed by atoms with Crippen LogP contribution in [0.25, 0.3) is 0 Å². The predicted molar refractivity (Wildman–Crippen MR) is 68.9 cm³/mol. The molecule has 6 heteroatoms. The average molecular weight is 277 g/mol. The molecule has 0 saturated carbocycles. The molecule has 2 atom stereocenters. The molecule has 0 aromatic carbocycles. The van der Waals surface area contributed by atoms with E-state index < -0.39 is 10.0 Å². The maximum atomic E-state index is 12.0. The van der Waals surface area contributed by atoms with Crippen LogP contribution in [0.1, 0.15) is 26.2 Å². The summed E-state index contributed by atoms with van der Waals surface area (Å²) >= 11 is 0. The van der Waals surface area contributed by atoms with E-state index in [2.05, 4.69) is 0 Å². The minimum Gasteiger partial charge on any atom is -0.384 e. The van der Waals surface area contributed by atoms with Crippen LogP contribution in [0.15, 0.2) is 0 Å². The lowest BCUT2D eigenvalue weighted by Gasteiger charge is -2.49. The van der Waals surface area contributed by atoms with Crippen molar-refractivity contribution in [1.29, 1.82) is 0 Å². The van der Waals surface area contributed by atoms with Gasteiger partial charge in [-0.25, -0.2) is 12.7 Å². The maximum Gasteiger partial charge on any atom is 0.213 e. The number of sulfonamides is 1. The average Bonchev–Trinajstić information content (AvgIpc) is 2.38. The minimum absolute atomic E-state index is 0.145. The lowest BCUT2D eigenvalue weighted by atomic mass is 9.73. The Bertz CT molecular complexity index is 380. The van der Waals surface area contributed by atoms with Crippen LogP contribution in [0.5, 0.6) is 0 Å². The summed E-state index contributed by atoms with van der Waals surface area (Å²) in [7, 11) is -1.43. The van der Waals surface area contributed by atoms with E-state index in [-0.39, 0.29) is 17.3 Å². The first-order valence-electron chi connectivity index (χ1n) is 6.62. The highest BCUT2D eigenvalue weighted by molar-refractivity contribution is 7.89. The summed E-state index contributed by atoms with van der Waals surface area (Å²) in [6, 6.07) is 0. The van der Waals surface area contributed by atoms with Crippen LogP contribution in [0.4, 0.5) is 0 Å². The van der Waals surface area contributed by atoms with Crippen LogP contribution in [-0.4, -0.2) is 58.0 Å². The Morgan fingerprint density at radius 1 is 1.50 bits per heavy atom. The van der Waals surface area contributed by atoms with Crippen molar-refractivity contribution in [2.75, 3.05) is 39.2 Å². The minimum atomic E-state index is -3.11. The third-order valence-corrected chi connectivity index (χ3v) is 5.97. The summed E-state index contributed by atoms with van der Waals surface area (Å²) in [6.07, 6.45) is 2.90. The third-order valence-electron chi connectivity index (χ3n) is 4.14. The van der Waals surface area contributed by atoms with E-state index in [1.54, 1.807) is 18.3 Å². The second-order valence-corrected chi connectivity index (χ2v) is 7.54. The van der Waals surface area contributed by atoms with Gasteiger partial charge in [-0.2, -0.15) is 0 Å². The van der Waals surface area contributed by atoms with Crippen molar-refractivity contribution in [3.63, 3.8) is 0 Å². The van der Waals surface area contributed by atoms with Crippen LogP contribution in [0.3, 0.4) is 0 Å². The summed E-state index contributed by atoms with van der Waals surface area (Å²) in [5.74, 6) is 0.168.